The predicted molar refractivity (Wildman–Crippen MR) is 62.5 cm³/mol. The van der Waals surface area contributed by atoms with E-state index in [-0.39, 0.29) is 0 Å². The van der Waals surface area contributed by atoms with Crippen LogP contribution in [0.2, 0.25) is 0 Å². The third kappa shape index (κ3) is 8.15. The van der Waals surface area contributed by atoms with Crippen LogP contribution >= 0.6 is 11.8 Å². The molecule has 0 atom stereocenters. The highest BCUT2D eigenvalue weighted by molar-refractivity contribution is 7.98. The van der Waals surface area contributed by atoms with Crippen LogP contribution in [0.4, 0.5) is 0 Å². The Morgan fingerprint density at radius 3 is 2.93 bits per heavy atom. The highest BCUT2D eigenvalue weighted by Crippen LogP contribution is 1.87. The van der Waals surface area contributed by atoms with E-state index in [0.29, 0.717) is 5.96 Å². The number of hydrogen-bond acceptors (Lipinski definition) is 4. The Hall–Kier alpha value is -0.460. The first-order chi connectivity index (χ1) is 6.85. The standard InChI is InChI=1S/C8H20N4OS/c1-13-6-3-4-10-8(12-9)11-5-7-14-2/h3-7,9H2,1-2H3,(H2,10,11,12). The minimum atomic E-state index is 0.648. The summed E-state index contributed by atoms with van der Waals surface area (Å²) in [6.45, 7) is 2.32. The lowest BCUT2D eigenvalue weighted by Gasteiger charge is -2.07. The van der Waals surface area contributed by atoms with Crippen molar-refractivity contribution in [2.24, 2.45) is 10.8 Å². The van der Waals surface area contributed by atoms with Gasteiger partial charge in [-0.25, -0.2) is 5.84 Å². The van der Waals surface area contributed by atoms with Crippen LogP contribution in [0, 0.1) is 0 Å². The van der Waals surface area contributed by atoms with Crippen molar-refractivity contribution in [1.29, 1.82) is 0 Å². The number of thioether (sulfide) groups is 1. The van der Waals surface area contributed by atoms with Crippen molar-refractivity contribution in [3.63, 3.8) is 0 Å². The number of hydrazine groups is 1. The Kier molecular flexibility index (Phi) is 10.3. The maximum atomic E-state index is 5.29. The van der Waals surface area contributed by atoms with Gasteiger partial charge in [-0.15, -0.1) is 0 Å². The second-order valence-electron chi connectivity index (χ2n) is 2.64. The zero-order chi connectivity index (χ0) is 10.6. The quantitative estimate of drug-likeness (QED) is 0.182. The van der Waals surface area contributed by atoms with E-state index in [1.807, 2.05) is 0 Å². The van der Waals surface area contributed by atoms with E-state index in [4.69, 9.17) is 10.6 Å². The SMILES string of the molecule is COCCCN=C(NN)NCCSC. The van der Waals surface area contributed by atoms with Gasteiger partial charge in [0, 0.05) is 32.6 Å². The van der Waals surface area contributed by atoms with Crippen LogP contribution in [0.5, 0.6) is 0 Å². The Morgan fingerprint density at radius 1 is 1.57 bits per heavy atom. The van der Waals surface area contributed by atoms with Gasteiger partial charge < -0.3 is 10.1 Å². The van der Waals surface area contributed by atoms with Crippen molar-refractivity contribution >= 4 is 17.7 Å². The summed E-state index contributed by atoms with van der Waals surface area (Å²) in [6, 6.07) is 0. The number of ether oxygens (including phenoxy) is 1. The topological polar surface area (TPSA) is 71.7 Å². The van der Waals surface area contributed by atoms with Gasteiger partial charge in [0.1, 0.15) is 0 Å². The monoisotopic (exact) mass is 220 g/mol. The summed E-state index contributed by atoms with van der Waals surface area (Å²) in [6.07, 6.45) is 2.97. The first kappa shape index (κ1) is 13.5. The van der Waals surface area contributed by atoms with Crippen LogP contribution in [0.1, 0.15) is 6.42 Å². The van der Waals surface area contributed by atoms with Gasteiger partial charge >= 0.3 is 0 Å². The zero-order valence-electron chi connectivity index (χ0n) is 8.88. The molecule has 0 spiro atoms. The van der Waals surface area contributed by atoms with Gasteiger partial charge in [0.05, 0.1) is 0 Å². The molecule has 0 unspecified atom stereocenters. The number of hydrogen-bond donors (Lipinski definition) is 3. The fourth-order valence-electron chi connectivity index (χ4n) is 0.824. The van der Waals surface area contributed by atoms with E-state index in [9.17, 15) is 0 Å². The number of methoxy groups -OCH3 is 1. The molecule has 5 nitrogen and oxygen atoms in total. The van der Waals surface area contributed by atoms with Gasteiger partial charge in [-0.3, -0.25) is 10.4 Å². The lowest BCUT2D eigenvalue weighted by atomic mass is 10.5. The summed E-state index contributed by atoms with van der Waals surface area (Å²) in [4.78, 5) is 4.23. The third-order valence-corrected chi connectivity index (χ3v) is 2.12. The summed E-state index contributed by atoms with van der Waals surface area (Å²) in [5.74, 6) is 6.98. The number of rotatable bonds is 7. The van der Waals surface area contributed by atoms with Gasteiger partial charge in [-0.2, -0.15) is 11.8 Å². The molecule has 84 valence electrons. The molecule has 0 heterocycles. The second kappa shape index (κ2) is 10.6. The molecule has 4 N–H and O–H groups in total. The molecule has 0 fully saturated rings. The fourth-order valence-corrected chi connectivity index (χ4v) is 1.13. The van der Waals surface area contributed by atoms with Crippen LogP contribution in [-0.4, -0.2) is 44.8 Å². The molecule has 0 aromatic rings. The molecule has 6 heteroatoms. The molecule has 0 aliphatic heterocycles. The van der Waals surface area contributed by atoms with Crippen molar-refractivity contribution < 1.29 is 4.74 Å². The number of nitrogens with one attached hydrogen (secondary N) is 2. The van der Waals surface area contributed by atoms with Crippen molar-refractivity contribution in [1.82, 2.24) is 10.7 Å². The Bertz CT molecular complexity index is 154. The highest BCUT2D eigenvalue weighted by Gasteiger charge is 1.93. The van der Waals surface area contributed by atoms with Crippen molar-refractivity contribution in [3.8, 4) is 0 Å². The van der Waals surface area contributed by atoms with Crippen molar-refractivity contribution in [2.75, 3.05) is 38.8 Å². The summed E-state index contributed by atoms with van der Waals surface area (Å²) >= 11 is 1.78. The molecule has 0 saturated carbocycles. The van der Waals surface area contributed by atoms with Gasteiger partial charge in [-0.05, 0) is 12.7 Å². The van der Waals surface area contributed by atoms with Crippen LogP contribution < -0.4 is 16.6 Å². The zero-order valence-corrected chi connectivity index (χ0v) is 9.69. The lowest BCUT2D eigenvalue weighted by Crippen LogP contribution is -2.42. The van der Waals surface area contributed by atoms with Crippen molar-refractivity contribution in [3.05, 3.63) is 0 Å². The van der Waals surface area contributed by atoms with Crippen LogP contribution in [0.15, 0.2) is 4.99 Å². The Morgan fingerprint density at radius 2 is 2.36 bits per heavy atom. The van der Waals surface area contributed by atoms with E-state index >= 15 is 0 Å². The van der Waals surface area contributed by atoms with E-state index < -0.39 is 0 Å². The van der Waals surface area contributed by atoms with Crippen molar-refractivity contribution in [2.45, 2.75) is 6.42 Å². The molecular weight excluding hydrogens is 200 g/mol. The molecule has 0 aliphatic rings. The number of nitrogens with two attached hydrogens (primary N) is 1. The average Bonchev–Trinajstić information content (AvgIpc) is 2.22. The molecule has 0 aromatic carbocycles. The molecular formula is C8H20N4OS. The first-order valence-electron chi connectivity index (χ1n) is 4.58. The van der Waals surface area contributed by atoms with E-state index in [0.717, 1.165) is 31.9 Å². The maximum absolute atomic E-state index is 5.29. The number of aliphatic imine (C=N–C) groups is 1. The van der Waals surface area contributed by atoms with E-state index in [1.165, 1.54) is 0 Å². The Labute approximate surface area is 89.8 Å². The van der Waals surface area contributed by atoms with Gasteiger partial charge in [0.25, 0.3) is 0 Å². The normalized spacial score (nSPS) is 11.5. The highest BCUT2D eigenvalue weighted by atomic mass is 32.2. The molecule has 0 bridgehead atoms. The minimum Gasteiger partial charge on any atom is -0.385 e. The van der Waals surface area contributed by atoms with Gasteiger partial charge in [0.2, 0.25) is 5.96 Å². The maximum Gasteiger partial charge on any atom is 0.205 e. The summed E-state index contributed by atoms with van der Waals surface area (Å²) in [5.41, 5.74) is 2.53. The molecule has 0 rings (SSSR count). The molecule has 14 heavy (non-hydrogen) atoms. The molecule has 0 radical (unpaired) electrons. The van der Waals surface area contributed by atoms with Gasteiger partial charge in [0.15, 0.2) is 0 Å². The average molecular weight is 220 g/mol. The largest absolute Gasteiger partial charge is 0.385 e. The fraction of sp³-hybridized carbons (Fsp3) is 0.875. The predicted octanol–water partition coefficient (Wildman–Crippen LogP) is -0.205. The number of nitrogens with zero attached hydrogens (tertiary/aromatic N) is 1. The summed E-state index contributed by atoms with van der Waals surface area (Å²) in [5, 5.41) is 3.10. The van der Waals surface area contributed by atoms with Crippen LogP contribution in [0.25, 0.3) is 0 Å². The summed E-state index contributed by atoms with van der Waals surface area (Å²) < 4.78 is 4.91. The van der Waals surface area contributed by atoms with Crippen LogP contribution in [-0.2, 0) is 4.74 Å². The first-order valence-corrected chi connectivity index (χ1v) is 5.97. The van der Waals surface area contributed by atoms with Crippen LogP contribution in [0.3, 0.4) is 0 Å². The van der Waals surface area contributed by atoms with E-state index in [2.05, 4.69) is 22.0 Å². The molecule has 0 aromatic heterocycles. The van der Waals surface area contributed by atoms with E-state index in [1.54, 1.807) is 18.9 Å². The Balaban J connectivity index is 3.53. The molecule has 0 saturated heterocycles. The summed E-state index contributed by atoms with van der Waals surface area (Å²) in [7, 11) is 1.68. The molecule has 0 amide bonds. The smallest absolute Gasteiger partial charge is 0.205 e. The third-order valence-electron chi connectivity index (χ3n) is 1.51. The molecule has 0 aliphatic carbocycles. The van der Waals surface area contributed by atoms with Gasteiger partial charge in [-0.1, -0.05) is 0 Å². The number of guanidine groups is 1. The second-order valence-corrected chi connectivity index (χ2v) is 3.63. The minimum absolute atomic E-state index is 0.648. The lowest BCUT2D eigenvalue weighted by molar-refractivity contribution is 0.197.